The number of carbonyl (C=O) groups excluding carboxylic acids is 4. The van der Waals surface area contributed by atoms with E-state index in [1.54, 1.807) is 0 Å². The van der Waals surface area contributed by atoms with Crippen LogP contribution in [-0.4, -0.2) is 81.4 Å². The van der Waals surface area contributed by atoms with Crippen LogP contribution in [0.3, 0.4) is 0 Å². The number of carbonyl (C=O) groups is 4. The molecule has 6 N–H and O–H groups in total. The Morgan fingerprint density at radius 3 is 2.06 bits per heavy atom. The fourth-order valence-corrected chi connectivity index (χ4v) is 4.43. The van der Waals surface area contributed by atoms with Crippen LogP contribution in [0, 0.1) is 0 Å². The second-order valence-electron chi connectivity index (χ2n) is 7.61. The molecule has 2 aromatic heterocycles. The number of rotatable bonds is 6. The van der Waals surface area contributed by atoms with Gasteiger partial charge in [0.05, 0.1) is 6.61 Å². The van der Waals surface area contributed by atoms with Gasteiger partial charge in [0.2, 0.25) is 22.9 Å². The van der Waals surface area contributed by atoms with E-state index in [1.165, 1.54) is 0 Å². The van der Waals surface area contributed by atoms with Crippen molar-refractivity contribution >= 4 is 40.2 Å². The molecule has 0 amide bonds. The molecule has 1 aliphatic rings. The number of hydrogen-bond donors (Lipinski definition) is 5. The zero-order valence-electron chi connectivity index (χ0n) is 17.5. The van der Waals surface area contributed by atoms with Gasteiger partial charge in [0, 0.05) is 0 Å². The Bertz CT molecular complexity index is 1250. The number of nitrogens with one attached hydrogen (secondary N) is 1. The quantitative estimate of drug-likeness (QED) is 0.295. The van der Waals surface area contributed by atoms with E-state index in [1.807, 2.05) is 0 Å². The molecule has 14 nitrogen and oxygen atoms in total. The van der Waals surface area contributed by atoms with Crippen molar-refractivity contribution in [2.45, 2.75) is 50.2 Å². The summed E-state index contributed by atoms with van der Waals surface area (Å²) in [6.45, 7) is 1.76. The molecule has 0 unspecified atom stereocenters. The van der Waals surface area contributed by atoms with Gasteiger partial charge < -0.3 is 25.8 Å². The average molecular weight is 451 g/mol. The molecule has 14 heteroatoms. The molecule has 0 bridgehead atoms. The number of nitrogens with two attached hydrogens (primary N) is 1. The van der Waals surface area contributed by atoms with Crippen LogP contribution in [0.4, 0.5) is 5.95 Å². The highest BCUT2D eigenvalue weighted by atomic mass is 16.6. The van der Waals surface area contributed by atoms with Gasteiger partial charge in [-0.25, -0.2) is 4.98 Å². The van der Waals surface area contributed by atoms with E-state index >= 15 is 0 Å². The lowest BCUT2D eigenvalue weighted by Crippen LogP contribution is -2.75. The van der Waals surface area contributed by atoms with E-state index in [0.717, 1.165) is 34.0 Å². The van der Waals surface area contributed by atoms with Crippen molar-refractivity contribution in [2.75, 3.05) is 12.3 Å². The molecule has 32 heavy (non-hydrogen) atoms. The molecule has 3 heterocycles. The van der Waals surface area contributed by atoms with Crippen molar-refractivity contribution in [3.05, 3.63) is 16.7 Å². The van der Waals surface area contributed by atoms with E-state index in [4.69, 9.17) is 10.5 Å². The number of aliphatic hydroxyl groups excluding tert-OH is 1. The normalized spacial score (nSPS) is 32.2. The van der Waals surface area contributed by atoms with Crippen LogP contribution in [0.15, 0.2) is 11.1 Å². The van der Waals surface area contributed by atoms with Crippen molar-refractivity contribution in [2.24, 2.45) is 0 Å². The van der Waals surface area contributed by atoms with E-state index in [9.17, 15) is 39.3 Å². The SMILES string of the molecule is CC(=O)[C@@]1(O)[C@@](O)(C(C)=O)[C@](CO)(C(C)=O)O[C@@]1(C(C)=O)n1cnc2c(=O)[nH]c(N)nc21. The van der Waals surface area contributed by atoms with Gasteiger partial charge in [-0.1, -0.05) is 0 Å². The summed E-state index contributed by atoms with van der Waals surface area (Å²) in [5.41, 5.74) is -9.06. The fourth-order valence-electron chi connectivity index (χ4n) is 4.43. The van der Waals surface area contributed by atoms with Gasteiger partial charge in [-0.05, 0) is 27.7 Å². The summed E-state index contributed by atoms with van der Waals surface area (Å²) in [5, 5.41) is 33.3. The van der Waals surface area contributed by atoms with Crippen molar-refractivity contribution in [1.82, 2.24) is 19.5 Å². The van der Waals surface area contributed by atoms with Crippen LogP contribution >= 0.6 is 0 Å². The molecular formula is C18H21N5O9. The third kappa shape index (κ3) is 2.29. The van der Waals surface area contributed by atoms with Crippen LogP contribution in [0.25, 0.3) is 11.2 Å². The minimum Gasteiger partial charge on any atom is -0.393 e. The number of aromatic amines is 1. The van der Waals surface area contributed by atoms with Crippen molar-refractivity contribution in [3.63, 3.8) is 0 Å². The second-order valence-corrected chi connectivity index (χ2v) is 7.61. The summed E-state index contributed by atoms with van der Waals surface area (Å²) in [4.78, 5) is 73.3. The number of ether oxygens (including phenoxy) is 1. The third-order valence-corrected chi connectivity index (χ3v) is 5.97. The third-order valence-electron chi connectivity index (χ3n) is 5.97. The number of imidazole rings is 1. The van der Waals surface area contributed by atoms with Gasteiger partial charge >= 0.3 is 0 Å². The molecule has 1 aliphatic heterocycles. The van der Waals surface area contributed by atoms with Crippen molar-refractivity contribution in [1.29, 1.82) is 0 Å². The number of Topliss-reactive ketones (excluding diaryl/α,β-unsaturated/α-hetero) is 4. The van der Waals surface area contributed by atoms with Crippen LogP contribution in [-0.2, 0) is 29.6 Å². The maximum absolute atomic E-state index is 13.1. The van der Waals surface area contributed by atoms with Gasteiger partial charge in [-0.3, -0.25) is 33.5 Å². The number of hydrogen-bond acceptors (Lipinski definition) is 12. The first-order valence-corrected chi connectivity index (χ1v) is 9.22. The van der Waals surface area contributed by atoms with Gasteiger partial charge in [-0.2, -0.15) is 4.98 Å². The maximum atomic E-state index is 13.1. The Balaban J connectivity index is 2.63. The Hall–Kier alpha value is -3.33. The van der Waals surface area contributed by atoms with E-state index in [-0.39, 0.29) is 0 Å². The van der Waals surface area contributed by atoms with E-state index < -0.39 is 74.9 Å². The minimum atomic E-state index is -3.47. The Kier molecular flexibility index (Phi) is 4.98. The lowest BCUT2D eigenvalue weighted by molar-refractivity contribution is -0.209. The van der Waals surface area contributed by atoms with Crippen LogP contribution < -0.4 is 11.3 Å². The summed E-state index contributed by atoms with van der Waals surface area (Å²) in [5.74, 6) is -5.50. The summed E-state index contributed by atoms with van der Waals surface area (Å²) >= 11 is 0. The monoisotopic (exact) mass is 451 g/mol. The van der Waals surface area contributed by atoms with Gasteiger partial charge in [0.25, 0.3) is 5.56 Å². The molecule has 0 radical (unpaired) electrons. The number of nitrogens with zero attached hydrogens (tertiary/aromatic N) is 3. The number of aliphatic hydroxyl groups is 3. The first-order valence-electron chi connectivity index (χ1n) is 9.22. The molecular weight excluding hydrogens is 430 g/mol. The Labute approximate surface area is 179 Å². The van der Waals surface area contributed by atoms with Crippen LogP contribution in [0.1, 0.15) is 27.7 Å². The number of H-pyrrole nitrogens is 1. The minimum absolute atomic E-state index is 0.398. The second kappa shape index (κ2) is 6.83. The first-order chi connectivity index (χ1) is 14.7. The lowest BCUT2D eigenvalue weighted by atomic mass is 9.64. The molecule has 0 saturated carbocycles. The summed E-state index contributed by atoms with van der Waals surface area (Å²) < 4.78 is 6.26. The van der Waals surface area contributed by atoms with E-state index in [0.29, 0.717) is 4.57 Å². The average Bonchev–Trinajstić information content (AvgIpc) is 3.18. The maximum Gasteiger partial charge on any atom is 0.280 e. The summed E-state index contributed by atoms with van der Waals surface area (Å²) in [6, 6.07) is 0. The van der Waals surface area contributed by atoms with Gasteiger partial charge in [0.15, 0.2) is 39.9 Å². The number of fused-ring (bicyclic) bond motifs is 1. The Morgan fingerprint density at radius 2 is 1.62 bits per heavy atom. The fraction of sp³-hybridized carbons (Fsp3) is 0.500. The summed E-state index contributed by atoms with van der Waals surface area (Å²) in [6.07, 6.45) is 0.788. The molecule has 1 saturated heterocycles. The van der Waals surface area contributed by atoms with Crippen LogP contribution in [0.5, 0.6) is 0 Å². The van der Waals surface area contributed by atoms with E-state index in [2.05, 4.69) is 15.0 Å². The number of ketones is 4. The molecule has 4 atom stereocenters. The number of nitrogen functional groups attached to an aromatic ring is 1. The summed E-state index contributed by atoms with van der Waals surface area (Å²) in [7, 11) is 0. The molecule has 172 valence electrons. The number of anilines is 1. The predicted octanol–water partition coefficient (Wildman–Crippen LogP) is -3.07. The molecule has 0 aromatic carbocycles. The smallest absolute Gasteiger partial charge is 0.280 e. The van der Waals surface area contributed by atoms with Crippen molar-refractivity contribution in [3.8, 4) is 0 Å². The molecule has 3 rings (SSSR count). The first kappa shape index (κ1) is 23.3. The largest absolute Gasteiger partial charge is 0.393 e. The van der Waals surface area contributed by atoms with Gasteiger partial charge in [0.1, 0.15) is 6.33 Å². The zero-order valence-corrected chi connectivity index (χ0v) is 17.5. The molecule has 1 fully saturated rings. The standard InChI is InChI=1S/C18H21N5O9/c1-7(25)15(5-24)16(30,8(2)26)17(31,9(3)27)18(32-15,10(4)28)23-6-20-11-12(23)21-14(19)22-13(11)29/h6,24,30-31H,5H2,1-4H3,(H3,19,21,22,29)/t15-,16+,17+,18+/m0/s1. The predicted molar refractivity (Wildman–Crippen MR) is 104 cm³/mol. The van der Waals surface area contributed by atoms with Gasteiger partial charge in [-0.15, -0.1) is 0 Å². The van der Waals surface area contributed by atoms with Crippen molar-refractivity contribution < 1.29 is 39.2 Å². The number of aromatic nitrogens is 4. The lowest BCUT2D eigenvalue weighted by Gasteiger charge is -2.43. The highest BCUT2D eigenvalue weighted by Crippen LogP contribution is 2.57. The topological polar surface area (TPSA) is 228 Å². The van der Waals surface area contributed by atoms with Crippen LogP contribution in [0.2, 0.25) is 0 Å². The highest BCUT2D eigenvalue weighted by Gasteiger charge is 2.87. The zero-order chi connectivity index (χ0) is 24.4. The highest BCUT2D eigenvalue weighted by molar-refractivity contribution is 6.10. The molecule has 2 aromatic rings. The Morgan fingerprint density at radius 1 is 1.06 bits per heavy atom. The molecule has 0 aliphatic carbocycles. The molecule has 0 spiro atoms.